The molecule has 0 bridgehead atoms. The number of amides is 2. The van der Waals surface area contributed by atoms with Crippen molar-refractivity contribution in [2.45, 2.75) is 13.0 Å². The molecule has 0 heterocycles. The molecule has 1 atom stereocenters. The van der Waals surface area contributed by atoms with Gasteiger partial charge >= 0.3 is 12.0 Å². The predicted octanol–water partition coefficient (Wildman–Crippen LogP) is 2.90. The molecule has 0 aliphatic rings. The van der Waals surface area contributed by atoms with Crippen molar-refractivity contribution >= 4 is 17.7 Å². The zero-order valence-electron chi connectivity index (χ0n) is 14.5. The number of hydrogen-bond acceptors (Lipinski definition) is 6. The maximum absolute atomic E-state index is 13.1. The highest BCUT2D eigenvalue weighted by atomic mass is 19.1. The number of nitroso groups, excluding NO2 is 1. The van der Waals surface area contributed by atoms with Crippen molar-refractivity contribution in [3.05, 3.63) is 59.3 Å². The first-order valence-corrected chi connectivity index (χ1v) is 7.55. The minimum atomic E-state index is -1.02. The van der Waals surface area contributed by atoms with Crippen LogP contribution in [0.2, 0.25) is 0 Å². The number of carbonyl (C=O) groups is 2. The predicted molar refractivity (Wildman–Crippen MR) is 95.0 cm³/mol. The van der Waals surface area contributed by atoms with E-state index < -0.39 is 23.9 Å². The lowest BCUT2D eigenvalue weighted by molar-refractivity contribution is -0.144. The Morgan fingerprint density at radius 3 is 2.30 bits per heavy atom. The molecule has 0 fully saturated rings. The summed E-state index contributed by atoms with van der Waals surface area (Å²) < 4.78 is 18.1. The highest BCUT2D eigenvalue weighted by Crippen LogP contribution is 2.17. The molecule has 9 nitrogen and oxygen atoms in total. The second kappa shape index (κ2) is 10.3. The summed E-state index contributed by atoms with van der Waals surface area (Å²) in [6, 6.07) is 10.8. The van der Waals surface area contributed by atoms with Crippen LogP contribution in [0.15, 0.2) is 53.8 Å². The summed E-state index contributed by atoms with van der Waals surface area (Å²) in [7, 11) is 1.33. The van der Waals surface area contributed by atoms with Gasteiger partial charge in [-0.1, -0.05) is 12.1 Å². The summed E-state index contributed by atoms with van der Waals surface area (Å²) in [4.78, 5) is 32.1. The van der Waals surface area contributed by atoms with E-state index in [4.69, 9.17) is 14.9 Å². The molecule has 0 saturated carbocycles. The number of ether oxygens (including phenoxy) is 1. The van der Waals surface area contributed by atoms with E-state index in [-0.39, 0.29) is 11.4 Å². The number of carboxylic acid groups (broad SMARTS) is 1. The van der Waals surface area contributed by atoms with Crippen molar-refractivity contribution in [1.29, 1.82) is 0 Å². The number of nitrogens with zero attached hydrogens (tertiary/aromatic N) is 2. The number of nitrogens with one attached hydrogen (secondary N) is 1. The number of halogens is 1. The van der Waals surface area contributed by atoms with Crippen molar-refractivity contribution < 1.29 is 28.9 Å². The lowest BCUT2D eigenvalue weighted by atomic mass is 10.3. The Labute approximate surface area is 153 Å². The molecular weight excluding hydrogens is 361 g/mol. The van der Waals surface area contributed by atoms with Crippen LogP contribution in [0.25, 0.3) is 0 Å². The van der Waals surface area contributed by atoms with Gasteiger partial charge in [0, 0.05) is 7.05 Å². The van der Waals surface area contributed by atoms with Crippen molar-refractivity contribution in [3.63, 3.8) is 0 Å². The standard InChI is InChI=1S/C9H10O4.C8H8FN3O2/c1-6(9(11)12)13-8-4-2-7(10)3-5-8;1-12(8(13)10-11-14)7-5-3-2-4-6(7)9/h2-6,10H,1H3,(H,11,12);2-5H,1H3,(H,10,13,14)/t6-;/m1./s1. The van der Waals surface area contributed by atoms with Crippen LogP contribution in [0.1, 0.15) is 6.92 Å². The van der Waals surface area contributed by atoms with Gasteiger partial charge in [-0.2, -0.15) is 5.43 Å². The molecule has 144 valence electrons. The molecule has 0 aliphatic heterocycles. The molecule has 2 aromatic rings. The number of para-hydroxylation sites is 1. The van der Waals surface area contributed by atoms with Crippen LogP contribution in [0.5, 0.6) is 11.5 Å². The molecule has 0 aromatic heterocycles. The Kier molecular flexibility index (Phi) is 8.17. The van der Waals surface area contributed by atoms with E-state index in [1.54, 1.807) is 11.5 Å². The zero-order chi connectivity index (χ0) is 20.4. The Morgan fingerprint density at radius 2 is 1.78 bits per heavy atom. The maximum atomic E-state index is 13.1. The van der Waals surface area contributed by atoms with Gasteiger partial charge in [-0.25, -0.2) is 14.0 Å². The molecule has 0 spiro atoms. The summed E-state index contributed by atoms with van der Waals surface area (Å²) in [5.74, 6) is -1.02. The highest BCUT2D eigenvalue weighted by molar-refractivity contribution is 5.91. The van der Waals surface area contributed by atoms with E-state index in [0.29, 0.717) is 5.75 Å². The number of benzene rings is 2. The third-order valence-electron chi connectivity index (χ3n) is 3.16. The molecule has 27 heavy (non-hydrogen) atoms. The number of aromatic hydroxyl groups is 1. The number of phenolic OH excluding ortho intramolecular Hbond substituents is 1. The summed E-state index contributed by atoms with van der Waals surface area (Å²) in [5, 5.41) is 19.6. The van der Waals surface area contributed by atoms with E-state index in [1.807, 2.05) is 0 Å². The van der Waals surface area contributed by atoms with Crippen LogP contribution < -0.4 is 15.1 Å². The fraction of sp³-hybridized carbons (Fsp3) is 0.176. The Hall–Kier alpha value is -3.69. The van der Waals surface area contributed by atoms with Gasteiger partial charge in [0.25, 0.3) is 0 Å². The topological polar surface area (TPSA) is 129 Å². The van der Waals surface area contributed by atoms with Crippen LogP contribution >= 0.6 is 0 Å². The largest absolute Gasteiger partial charge is 0.508 e. The summed E-state index contributed by atoms with van der Waals surface area (Å²) >= 11 is 0. The first kappa shape index (κ1) is 21.4. The quantitative estimate of drug-likeness (QED) is 0.541. The minimum absolute atomic E-state index is 0.0775. The monoisotopic (exact) mass is 379 g/mol. The number of carbonyl (C=O) groups excluding carboxylic acids is 1. The average molecular weight is 379 g/mol. The highest BCUT2D eigenvalue weighted by Gasteiger charge is 2.13. The smallest absolute Gasteiger partial charge is 0.344 e. The lowest BCUT2D eigenvalue weighted by Crippen LogP contribution is -2.34. The number of phenols is 1. The van der Waals surface area contributed by atoms with Gasteiger partial charge in [0.15, 0.2) is 6.10 Å². The van der Waals surface area contributed by atoms with Crippen LogP contribution in [0, 0.1) is 10.7 Å². The zero-order valence-corrected chi connectivity index (χ0v) is 14.5. The molecule has 0 unspecified atom stereocenters. The molecule has 0 saturated heterocycles. The van der Waals surface area contributed by atoms with Gasteiger partial charge < -0.3 is 14.9 Å². The first-order valence-electron chi connectivity index (χ1n) is 7.55. The normalized spacial score (nSPS) is 10.6. The first-order chi connectivity index (χ1) is 12.8. The van der Waals surface area contributed by atoms with Crippen molar-refractivity contribution in [1.82, 2.24) is 5.43 Å². The number of rotatable bonds is 5. The lowest BCUT2D eigenvalue weighted by Gasteiger charge is -2.15. The number of urea groups is 1. The Balaban J connectivity index is 0.000000271. The van der Waals surface area contributed by atoms with E-state index in [9.17, 15) is 18.9 Å². The van der Waals surface area contributed by atoms with Gasteiger partial charge in [0.1, 0.15) is 17.3 Å². The molecule has 2 amide bonds. The summed E-state index contributed by atoms with van der Waals surface area (Å²) in [5.41, 5.74) is 1.74. The second-order valence-corrected chi connectivity index (χ2v) is 5.11. The van der Waals surface area contributed by atoms with Gasteiger partial charge in [-0.15, -0.1) is 4.91 Å². The van der Waals surface area contributed by atoms with Crippen molar-refractivity contribution in [3.8, 4) is 11.5 Å². The average Bonchev–Trinajstić information content (AvgIpc) is 2.64. The molecule has 0 radical (unpaired) electrons. The second-order valence-electron chi connectivity index (χ2n) is 5.11. The molecular formula is C17H18FN3O6. The fourth-order valence-electron chi connectivity index (χ4n) is 1.73. The van der Waals surface area contributed by atoms with Gasteiger partial charge in [-0.05, 0) is 43.3 Å². The Bertz CT molecular complexity index is 784. The van der Waals surface area contributed by atoms with Crippen molar-refractivity contribution in [2.24, 2.45) is 5.29 Å². The Morgan fingerprint density at radius 1 is 1.19 bits per heavy atom. The van der Waals surface area contributed by atoms with Crippen LogP contribution in [0.4, 0.5) is 14.9 Å². The molecule has 2 rings (SSSR count). The number of carboxylic acids is 1. The molecule has 10 heteroatoms. The molecule has 0 aliphatic carbocycles. The molecule has 2 aromatic carbocycles. The maximum Gasteiger partial charge on any atom is 0.344 e. The van der Waals surface area contributed by atoms with Crippen LogP contribution in [0.3, 0.4) is 0 Å². The number of anilines is 1. The van der Waals surface area contributed by atoms with E-state index in [0.717, 1.165) is 4.90 Å². The van der Waals surface area contributed by atoms with Crippen molar-refractivity contribution in [2.75, 3.05) is 11.9 Å². The fourth-order valence-corrected chi connectivity index (χ4v) is 1.73. The van der Waals surface area contributed by atoms with E-state index in [2.05, 4.69) is 5.29 Å². The van der Waals surface area contributed by atoms with E-state index >= 15 is 0 Å². The minimum Gasteiger partial charge on any atom is -0.508 e. The SMILES string of the molecule is CN(C(=O)NN=O)c1ccccc1F.C[C@@H](Oc1ccc(O)cc1)C(=O)O. The third kappa shape index (κ3) is 6.98. The number of aliphatic carboxylic acids is 1. The van der Waals surface area contributed by atoms with E-state index in [1.165, 1.54) is 56.4 Å². The number of hydrogen-bond donors (Lipinski definition) is 3. The summed E-state index contributed by atoms with van der Waals surface area (Å²) in [6.45, 7) is 1.44. The van der Waals surface area contributed by atoms with Gasteiger partial charge in [0.2, 0.25) is 0 Å². The van der Waals surface area contributed by atoms with Crippen LogP contribution in [-0.4, -0.2) is 35.4 Å². The van der Waals surface area contributed by atoms with Gasteiger partial charge in [0.05, 0.1) is 11.0 Å². The third-order valence-corrected chi connectivity index (χ3v) is 3.16. The van der Waals surface area contributed by atoms with Gasteiger partial charge in [-0.3, -0.25) is 4.90 Å². The molecule has 3 N–H and O–H groups in total. The van der Waals surface area contributed by atoms with Crippen LogP contribution in [-0.2, 0) is 4.79 Å². The summed E-state index contributed by atoms with van der Waals surface area (Å²) in [6.07, 6.45) is -0.885.